The van der Waals surface area contributed by atoms with Crippen LogP contribution >= 0.6 is 0 Å². The molecule has 86 valence electrons. The van der Waals surface area contributed by atoms with E-state index in [1.54, 1.807) is 0 Å². The Morgan fingerprint density at radius 1 is 1.47 bits per heavy atom. The SMILES string of the molecule is CC(=CC1=C(C)CCCC1(C)C)C(C)O. The second kappa shape index (κ2) is 4.52. The topological polar surface area (TPSA) is 20.2 Å². The Balaban J connectivity index is 3.05. The van der Waals surface area contributed by atoms with Crippen molar-refractivity contribution in [1.29, 1.82) is 0 Å². The minimum Gasteiger partial charge on any atom is -0.389 e. The van der Waals surface area contributed by atoms with E-state index >= 15 is 0 Å². The van der Waals surface area contributed by atoms with Gasteiger partial charge in [0.1, 0.15) is 0 Å². The maximum Gasteiger partial charge on any atom is 0.0722 e. The summed E-state index contributed by atoms with van der Waals surface area (Å²) < 4.78 is 0. The fraction of sp³-hybridized carbons (Fsp3) is 0.714. The van der Waals surface area contributed by atoms with Crippen molar-refractivity contribution < 1.29 is 5.11 Å². The summed E-state index contributed by atoms with van der Waals surface area (Å²) in [5, 5.41) is 9.52. The lowest BCUT2D eigenvalue weighted by Gasteiger charge is -2.33. The fourth-order valence-electron chi connectivity index (χ4n) is 2.31. The zero-order valence-electron chi connectivity index (χ0n) is 10.7. The van der Waals surface area contributed by atoms with E-state index in [-0.39, 0.29) is 11.5 Å². The summed E-state index contributed by atoms with van der Waals surface area (Å²) in [6.07, 6.45) is 5.62. The summed E-state index contributed by atoms with van der Waals surface area (Å²) in [5.74, 6) is 0. The molecule has 1 aliphatic rings. The molecule has 0 aromatic carbocycles. The van der Waals surface area contributed by atoms with Crippen molar-refractivity contribution in [2.24, 2.45) is 5.41 Å². The van der Waals surface area contributed by atoms with Gasteiger partial charge >= 0.3 is 0 Å². The number of hydrogen-bond donors (Lipinski definition) is 1. The Hall–Kier alpha value is -0.560. The minimum absolute atomic E-state index is 0.276. The maximum absolute atomic E-state index is 9.52. The summed E-state index contributed by atoms with van der Waals surface area (Å²) in [7, 11) is 0. The molecule has 1 N–H and O–H groups in total. The molecule has 0 aliphatic heterocycles. The van der Waals surface area contributed by atoms with Crippen molar-refractivity contribution >= 4 is 0 Å². The molecule has 1 nitrogen and oxygen atoms in total. The Kier molecular flexibility index (Phi) is 3.77. The zero-order valence-corrected chi connectivity index (χ0v) is 10.7. The first-order chi connectivity index (χ1) is 6.84. The molecule has 1 aliphatic carbocycles. The summed E-state index contributed by atoms with van der Waals surface area (Å²) in [6, 6.07) is 0. The second-order valence-electron chi connectivity index (χ2n) is 5.50. The molecule has 1 heteroatoms. The van der Waals surface area contributed by atoms with E-state index in [9.17, 15) is 5.11 Å². The van der Waals surface area contributed by atoms with E-state index in [1.165, 1.54) is 30.4 Å². The van der Waals surface area contributed by atoms with Crippen molar-refractivity contribution in [3.8, 4) is 0 Å². The monoisotopic (exact) mass is 208 g/mol. The standard InChI is InChI=1S/C14H24O/c1-10-7-6-8-14(4,5)13(10)9-11(2)12(3)15/h9,12,15H,6-8H2,1-5H3. The lowest BCUT2D eigenvalue weighted by atomic mass is 9.72. The molecule has 1 unspecified atom stereocenters. The number of aliphatic hydroxyl groups is 1. The highest BCUT2D eigenvalue weighted by atomic mass is 16.3. The first kappa shape index (κ1) is 12.5. The lowest BCUT2D eigenvalue weighted by molar-refractivity contribution is 0.231. The van der Waals surface area contributed by atoms with Gasteiger partial charge in [0.05, 0.1) is 6.10 Å². The third-order valence-electron chi connectivity index (χ3n) is 3.57. The molecule has 0 aromatic heterocycles. The van der Waals surface area contributed by atoms with Crippen molar-refractivity contribution in [1.82, 2.24) is 0 Å². The quantitative estimate of drug-likeness (QED) is 0.731. The zero-order chi connectivity index (χ0) is 11.6. The Bertz CT molecular complexity index is 292. The van der Waals surface area contributed by atoms with Gasteiger partial charge in [-0.2, -0.15) is 0 Å². The van der Waals surface area contributed by atoms with Crippen LogP contribution in [0.15, 0.2) is 22.8 Å². The number of rotatable bonds is 2. The van der Waals surface area contributed by atoms with E-state index in [2.05, 4.69) is 26.8 Å². The van der Waals surface area contributed by atoms with Crippen LogP contribution in [0.3, 0.4) is 0 Å². The third kappa shape index (κ3) is 2.94. The van der Waals surface area contributed by atoms with E-state index in [4.69, 9.17) is 0 Å². The van der Waals surface area contributed by atoms with Gasteiger partial charge in [0.25, 0.3) is 0 Å². The van der Waals surface area contributed by atoms with Crippen molar-refractivity contribution in [2.75, 3.05) is 0 Å². The van der Waals surface area contributed by atoms with E-state index in [1.807, 2.05) is 13.8 Å². The van der Waals surface area contributed by atoms with Crippen LogP contribution in [-0.2, 0) is 0 Å². The van der Waals surface area contributed by atoms with E-state index in [0.29, 0.717) is 0 Å². The number of aliphatic hydroxyl groups excluding tert-OH is 1. The molecule has 1 atom stereocenters. The van der Waals surface area contributed by atoms with Crippen LogP contribution < -0.4 is 0 Å². The van der Waals surface area contributed by atoms with Crippen molar-refractivity contribution in [3.05, 3.63) is 22.8 Å². The first-order valence-electron chi connectivity index (χ1n) is 5.91. The number of hydrogen-bond acceptors (Lipinski definition) is 1. The van der Waals surface area contributed by atoms with Crippen LogP contribution in [0.1, 0.15) is 53.9 Å². The predicted molar refractivity (Wildman–Crippen MR) is 65.8 cm³/mol. The van der Waals surface area contributed by atoms with Gasteiger partial charge in [-0.3, -0.25) is 0 Å². The lowest BCUT2D eigenvalue weighted by Crippen LogP contribution is -2.20. The number of allylic oxidation sites excluding steroid dienone is 3. The average molecular weight is 208 g/mol. The van der Waals surface area contributed by atoms with Gasteiger partial charge < -0.3 is 5.11 Å². The van der Waals surface area contributed by atoms with Crippen molar-refractivity contribution in [2.45, 2.75) is 60.0 Å². The van der Waals surface area contributed by atoms with Crippen molar-refractivity contribution in [3.63, 3.8) is 0 Å². The fourth-order valence-corrected chi connectivity index (χ4v) is 2.31. The highest BCUT2D eigenvalue weighted by Crippen LogP contribution is 2.41. The van der Waals surface area contributed by atoms with E-state index in [0.717, 1.165) is 5.57 Å². The normalized spacial score (nSPS) is 24.3. The van der Waals surface area contributed by atoms with Gasteiger partial charge in [0.15, 0.2) is 0 Å². The highest BCUT2D eigenvalue weighted by Gasteiger charge is 2.27. The summed E-state index contributed by atoms with van der Waals surface area (Å²) in [6.45, 7) is 10.7. The molecule has 0 spiro atoms. The predicted octanol–water partition coefficient (Wildman–Crippen LogP) is 3.84. The van der Waals surface area contributed by atoms with Crippen LogP contribution in [-0.4, -0.2) is 11.2 Å². The molecule has 0 aromatic rings. The average Bonchev–Trinajstić information content (AvgIpc) is 2.10. The molecule has 0 bridgehead atoms. The first-order valence-corrected chi connectivity index (χ1v) is 5.91. The Labute approximate surface area is 93.9 Å². The van der Waals surface area contributed by atoms with Crippen LogP contribution in [0.4, 0.5) is 0 Å². The largest absolute Gasteiger partial charge is 0.389 e. The van der Waals surface area contributed by atoms with Gasteiger partial charge in [-0.15, -0.1) is 0 Å². The molecule has 1 rings (SSSR count). The van der Waals surface area contributed by atoms with Gasteiger partial charge in [0, 0.05) is 0 Å². The van der Waals surface area contributed by atoms with Gasteiger partial charge in [-0.1, -0.05) is 25.5 Å². The van der Waals surface area contributed by atoms with Gasteiger partial charge in [-0.25, -0.2) is 0 Å². The van der Waals surface area contributed by atoms with Crippen LogP contribution in [0.5, 0.6) is 0 Å². The molecular formula is C14H24O. The maximum atomic E-state index is 9.52. The van der Waals surface area contributed by atoms with E-state index < -0.39 is 0 Å². The molecule has 15 heavy (non-hydrogen) atoms. The van der Waals surface area contributed by atoms with Gasteiger partial charge in [-0.05, 0) is 56.6 Å². The highest BCUT2D eigenvalue weighted by molar-refractivity contribution is 5.35. The summed E-state index contributed by atoms with van der Waals surface area (Å²) in [4.78, 5) is 0. The molecule has 0 saturated carbocycles. The molecular weight excluding hydrogens is 184 g/mol. The minimum atomic E-state index is -0.331. The molecule has 0 fully saturated rings. The molecule has 0 amide bonds. The van der Waals surface area contributed by atoms with Crippen LogP contribution in [0.25, 0.3) is 0 Å². The third-order valence-corrected chi connectivity index (χ3v) is 3.57. The molecule has 0 radical (unpaired) electrons. The molecule has 0 saturated heterocycles. The van der Waals surface area contributed by atoms with Gasteiger partial charge in [0.2, 0.25) is 0 Å². The molecule has 0 heterocycles. The summed E-state index contributed by atoms with van der Waals surface area (Å²) >= 11 is 0. The smallest absolute Gasteiger partial charge is 0.0722 e. The van der Waals surface area contributed by atoms with Crippen LogP contribution in [0, 0.1) is 5.41 Å². The Morgan fingerprint density at radius 2 is 2.07 bits per heavy atom. The van der Waals surface area contributed by atoms with Crippen LogP contribution in [0.2, 0.25) is 0 Å². The summed E-state index contributed by atoms with van der Waals surface area (Å²) in [5.41, 5.74) is 4.27. The Morgan fingerprint density at radius 3 is 2.53 bits per heavy atom. The second-order valence-corrected chi connectivity index (χ2v) is 5.50.